The topological polar surface area (TPSA) is 35.5 Å². The van der Waals surface area contributed by atoms with Crippen molar-refractivity contribution in [3.63, 3.8) is 0 Å². The second-order valence-electron chi connectivity index (χ2n) is 8.18. The molecule has 4 aromatic rings. The zero-order valence-corrected chi connectivity index (χ0v) is 18.6. The largest absolute Gasteiger partial charge is 0.497 e. The number of allylic oxidation sites excluding steroid dienone is 1. The lowest BCUT2D eigenvalue weighted by molar-refractivity contribution is 0.103. The van der Waals surface area contributed by atoms with Gasteiger partial charge in [0.2, 0.25) is 0 Å². The number of ether oxygens (including phenoxy) is 2. The molecule has 0 heterocycles. The summed E-state index contributed by atoms with van der Waals surface area (Å²) in [5.41, 5.74) is 5.63. The highest BCUT2D eigenvalue weighted by atomic mass is 16.5. The van der Waals surface area contributed by atoms with Crippen molar-refractivity contribution < 1.29 is 14.3 Å². The van der Waals surface area contributed by atoms with Crippen molar-refractivity contribution in [1.29, 1.82) is 0 Å². The molecule has 162 valence electrons. The van der Waals surface area contributed by atoms with E-state index < -0.39 is 0 Å². The molecule has 0 amide bonds. The fraction of sp³-hybridized carbons (Fsp3) is 0.100. The Balaban J connectivity index is 1.61. The van der Waals surface area contributed by atoms with Crippen molar-refractivity contribution in [2.24, 2.45) is 0 Å². The first kappa shape index (κ1) is 20.8. The van der Waals surface area contributed by atoms with Gasteiger partial charge in [-0.3, -0.25) is 4.79 Å². The molecular weight excluding hydrogens is 408 g/mol. The van der Waals surface area contributed by atoms with Gasteiger partial charge in [0.1, 0.15) is 17.2 Å². The lowest BCUT2D eigenvalue weighted by Crippen LogP contribution is -2.02. The van der Waals surface area contributed by atoms with Crippen LogP contribution in [0.1, 0.15) is 38.5 Å². The maximum Gasteiger partial charge on any atom is 0.194 e. The summed E-state index contributed by atoms with van der Waals surface area (Å²) in [5.74, 6) is 1.84. The molecule has 0 aromatic heterocycles. The van der Waals surface area contributed by atoms with Crippen LogP contribution >= 0.6 is 0 Å². The number of carbonyl (C=O) groups is 1. The van der Waals surface area contributed by atoms with Crippen molar-refractivity contribution in [2.75, 3.05) is 7.11 Å². The molecule has 3 nitrogen and oxygen atoms in total. The molecule has 0 aliphatic heterocycles. The Labute approximate surface area is 193 Å². The fourth-order valence-electron chi connectivity index (χ4n) is 4.33. The van der Waals surface area contributed by atoms with E-state index in [9.17, 15) is 4.79 Å². The Kier molecular flexibility index (Phi) is 5.54. The van der Waals surface area contributed by atoms with E-state index in [0.717, 1.165) is 28.0 Å². The Morgan fingerprint density at radius 3 is 2.15 bits per heavy atom. The molecule has 1 atom stereocenters. The van der Waals surface area contributed by atoms with Crippen molar-refractivity contribution in [3.8, 4) is 17.2 Å². The number of ketones is 1. The van der Waals surface area contributed by atoms with Gasteiger partial charge >= 0.3 is 0 Å². The Morgan fingerprint density at radius 1 is 0.758 bits per heavy atom. The monoisotopic (exact) mass is 432 g/mol. The van der Waals surface area contributed by atoms with E-state index in [4.69, 9.17) is 9.47 Å². The molecule has 1 unspecified atom stereocenters. The van der Waals surface area contributed by atoms with Gasteiger partial charge in [-0.15, -0.1) is 0 Å². The molecular formula is C30H24O3. The van der Waals surface area contributed by atoms with E-state index in [2.05, 4.69) is 43.3 Å². The Bertz CT molecular complexity index is 1320. The minimum atomic E-state index is -0.144. The molecule has 0 saturated carbocycles. The van der Waals surface area contributed by atoms with Gasteiger partial charge in [0.05, 0.1) is 12.7 Å². The van der Waals surface area contributed by atoms with Crippen LogP contribution in [-0.2, 0) is 0 Å². The van der Waals surface area contributed by atoms with E-state index in [0.29, 0.717) is 17.1 Å². The molecule has 0 radical (unpaired) electrons. The first-order valence-electron chi connectivity index (χ1n) is 11.0. The molecule has 5 rings (SSSR count). The summed E-state index contributed by atoms with van der Waals surface area (Å²) in [4.78, 5) is 13.8. The number of Topliss-reactive ketones (excluding diaryl/α,β-unsaturated/α-hetero) is 1. The number of hydrogen-bond donors (Lipinski definition) is 0. The van der Waals surface area contributed by atoms with E-state index in [1.165, 1.54) is 5.56 Å². The molecule has 0 bridgehead atoms. The Morgan fingerprint density at radius 2 is 1.45 bits per heavy atom. The van der Waals surface area contributed by atoms with E-state index in [-0.39, 0.29) is 11.7 Å². The van der Waals surface area contributed by atoms with Crippen molar-refractivity contribution in [3.05, 3.63) is 130 Å². The van der Waals surface area contributed by atoms with Crippen LogP contribution in [0.5, 0.6) is 17.2 Å². The number of aryl methyl sites for hydroxylation is 1. The van der Waals surface area contributed by atoms with Gasteiger partial charge in [-0.2, -0.15) is 0 Å². The molecule has 3 heteroatoms. The van der Waals surface area contributed by atoms with E-state index in [1.807, 2.05) is 66.7 Å². The number of hydrogen-bond acceptors (Lipinski definition) is 3. The number of methoxy groups -OCH3 is 1. The fourth-order valence-corrected chi connectivity index (χ4v) is 4.33. The molecule has 0 spiro atoms. The molecule has 0 saturated heterocycles. The molecule has 0 fully saturated rings. The summed E-state index contributed by atoms with van der Waals surface area (Å²) in [6, 6.07) is 31.6. The first-order valence-corrected chi connectivity index (χ1v) is 11.0. The highest BCUT2D eigenvalue weighted by Crippen LogP contribution is 2.46. The van der Waals surface area contributed by atoms with Gasteiger partial charge in [0, 0.05) is 11.5 Å². The smallest absolute Gasteiger partial charge is 0.194 e. The SMILES string of the molecule is COc1ccc(Oc2cccc3c2C(=O)C(=Cc2ccc(C)cc2)C3c2ccccc2)cc1. The summed E-state index contributed by atoms with van der Waals surface area (Å²) in [7, 11) is 1.63. The normalized spacial score (nSPS) is 16.0. The number of benzene rings is 4. The molecule has 0 N–H and O–H groups in total. The van der Waals surface area contributed by atoms with Gasteiger partial charge in [-0.25, -0.2) is 0 Å². The highest BCUT2D eigenvalue weighted by molar-refractivity contribution is 6.19. The van der Waals surface area contributed by atoms with Crippen molar-refractivity contribution in [2.45, 2.75) is 12.8 Å². The third-order valence-corrected chi connectivity index (χ3v) is 5.99. The van der Waals surface area contributed by atoms with Crippen LogP contribution in [0.25, 0.3) is 6.08 Å². The van der Waals surface area contributed by atoms with Crippen LogP contribution in [0.4, 0.5) is 0 Å². The van der Waals surface area contributed by atoms with Gasteiger partial charge < -0.3 is 9.47 Å². The highest BCUT2D eigenvalue weighted by Gasteiger charge is 2.38. The summed E-state index contributed by atoms with van der Waals surface area (Å²) in [5, 5.41) is 0. The predicted octanol–water partition coefficient (Wildman–Crippen LogP) is 7.21. The maximum absolute atomic E-state index is 13.8. The quantitative estimate of drug-likeness (QED) is 0.313. The summed E-state index contributed by atoms with van der Waals surface area (Å²) >= 11 is 0. The van der Waals surface area contributed by atoms with Crippen molar-refractivity contribution >= 4 is 11.9 Å². The maximum atomic E-state index is 13.8. The van der Waals surface area contributed by atoms with Crippen LogP contribution in [0.2, 0.25) is 0 Å². The molecule has 1 aliphatic rings. The number of carbonyl (C=O) groups excluding carboxylic acids is 1. The standard InChI is InChI=1S/C30H24O3/c1-20-11-13-21(14-12-20)19-26-28(22-7-4-3-5-8-22)25-9-6-10-27(29(25)30(26)31)33-24-17-15-23(32-2)16-18-24/h3-19,28H,1-2H3. The zero-order chi connectivity index (χ0) is 22.8. The Hall–Kier alpha value is -4.11. The second-order valence-corrected chi connectivity index (χ2v) is 8.18. The summed E-state index contributed by atoms with van der Waals surface area (Å²) in [6.07, 6.45) is 2.01. The lowest BCUT2D eigenvalue weighted by atomic mass is 9.89. The minimum Gasteiger partial charge on any atom is -0.497 e. The van der Waals surface area contributed by atoms with Crippen LogP contribution in [0.15, 0.2) is 103 Å². The average molecular weight is 433 g/mol. The third kappa shape index (κ3) is 4.06. The van der Waals surface area contributed by atoms with Crippen LogP contribution < -0.4 is 9.47 Å². The summed E-state index contributed by atoms with van der Waals surface area (Å²) in [6.45, 7) is 2.06. The average Bonchev–Trinajstić information content (AvgIpc) is 3.13. The third-order valence-electron chi connectivity index (χ3n) is 5.99. The first-order chi connectivity index (χ1) is 16.1. The minimum absolute atomic E-state index is 0.00328. The predicted molar refractivity (Wildman–Crippen MR) is 131 cm³/mol. The van der Waals surface area contributed by atoms with Gasteiger partial charge in [0.15, 0.2) is 5.78 Å². The van der Waals surface area contributed by atoms with E-state index >= 15 is 0 Å². The lowest BCUT2D eigenvalue weighted by Gasteiger charge is -2.14. The molecule has 33 heavy (non-hydrogen) atoms. The van der Waals surface area contributed by atoms with Crippen LogP contribution in [0.3, 0.4) is 0 Å². The molecule has 1 aliphatic carbocycles. The van der Waals surface area contributed by atoms with Gasteiger partial charge in [-0.05, 0) is 60.0 Å². The number of rotatable bonds is 5. The summed E-state index contributed by atoms with van der Waals surface area (Å²) < 4.78 is 11.4. The van der Waals surface area contributed by atoms with Gasteiger partial charge in [-0.1, -0.05) is 72.3 Å². The van der Waals surface area contributed by atoms with Gasteiger partial charge in [0.25, 0.3) is 0 Å². The van der Waals surface area contributed by atoms with Crippen molar-refractivity contribution in [1.82, 2.24) is 0 Å². The number of fused-ring (bicyclic) bond motifs is 1. The van der Waals surface area contributed by atoms with Crippen LogP contribution in [0, 0.1) is 6.92 Å². The van der Waals surface area contributed by atoms with Crippen LogP contribution in [-0.4, -0.2) is 12.9 Å². The second kappa shape index (κ2) is 8.79. The van der Waals surface area contributed by atoms with E-state index in [1.54, 1.807) is 7.11 Å². The zero-order valence-electron chi connectivity index (χ0n) is 18.6. The molecule has 4 aromatic carbocycles.